The lowest BCUT2D eigenvalue weighted by Gasteiger charge is -2.42. The van der Waals surface area contributed by atoms with Crippen LogP contribution in [0.5, 0.6) is 0 Å². The fraction of sp³-hybridized carbons (Fsp3) is 0.174. The molecule has 0 spiro atoms. The number of para-hydroxylation sites is 1. The number of benzene rings is 1. The van der Waals surface area contributed by atoms with Crippen molar-refractivity contribution in [2.45, 2.75) is 19.0 Å². The SMILES string of the molecule is O=C(Nc1nc([C@H]2CCN2c2ccccc2)cs1)c1cccn1Cc1ccncc1. The fourth-order valence-corrected chi connectivity index (χ4v) is 4.48. The molecule has 0 aliphatic carbocycles. The first-order valence-electron chi connectivity index (χ1n) is 9.90. The molecule has 1 aromatic carbocycles. The van der Waals surface area contributed by atoms with Gasteiger partial charge in [-0.2, -0.15) is 0 Å². The highest BCUT2D eigenvalue weighted by Gasteiger charge is 2.31. The van der Waals surface area contributed by atoms with E-state index in [4.69, 9.17) is 4.98 Å². The number of nitrogens with zero attached hydrogens (tertiary/aromatic N) is 4. The number of carbonyl (C=O) groups is 1. The van der Waals surface area contributed by atoms with E-state index in [2.05, 4.69) is 39.5 Å². The quantitative estimate of drug-likeness (QED) is 0.500. The third kappa shape index (κ3) is 3.71. The lowest BCUT2D eigenvalue weighted by molar-refractivity contribution is 0.101. The molecule has 0 saturated carbocycles. The molecule has 1 amide bonds. The van der Waals surface area contributed by atoms with Gasteiger partial charge in [0, 0.05) is 42.7 Å². The summed E-state index contributed by atoms with van der Waals surface area (Å²) in [6.45, 7) is 1.64. The van der Waals surface area contributed by atoms with Crippen LogP contribution in [0.1, 0.15) is 34.2 Å². The largest absolute Gasteiger partial charge is 0.363 e. The predicted molar refractivity (Wildman–Crippen MR) is 119 cm³/mol. The highest BCUT2D eigenvalue weighted by molar-refractivity contribution is 7.14. The fourth-order valence-electron chi connectivity index (χ4n) is 3.72. The molecule has 5 rings (SSSR count). The van der Waals surface area contributed by atoms with Gasteiger partial charge in [-0.15, -0.1) is 11.3 Å². The third-order valence-corrected chi connectivity index (χ3v) is 6.13. The second-order valence-corrected chi connectivity index (χ2v) is 8.10. The Balaban J connectivity index is 1.27. The molecule has 7 heteroatoms. The van der Waals surface area contributed by atoms with Gasteiger partial charge in [-0.3, -0.25) is 15.1 Å². The molecule has 1 aliphatic heterocycles. The molecule has 1 aliphatic rings. The van der Waals surface area contributed by atoms with Crippen LogP contribution < -0.4 is 10.2 Å². The van der Waals surface area contributed by atoms with E-state index >= 15 is 0 Å². The number of thiazole rings is 1. The zero-order chi connectivity index (χ0) is 20.3. The molecule has 3 aromatic heterocycles. The minimum Gasteiger partial charge on any atom is -0.363 e. The number of rotatable bonds is 6. The maximum atomic E-state index is 12.8. The number of nitrogens with one attached hydrogen (secondary N) is 1. The first kappa shape index (κ1) is 18.6. The molecule has 0 bridgehead atoms. The number of hydrogen-bond donors (Lipinski definition) is 1. The van der Waals surface area contributed by atoms with Gasteiger partial charge in [0.15, 0.2) is 5.13 Å². The summed E-state index contributed by atoms with van der Waals surface area (Å²) < 4.78 is 1.93. The van der Waals surface area contributed by atoms with Crippen molar-refractivity contribution < 1.29 is 4.79 Å². The van der Waals surface area contributed by atoms with E-state index in [1.54, 1.807) is 12.4 Å². The van der Waals surface area contributed by atoms with Crippen LogP contribution in [-0.4, -0.2) is 27.0 Å². The summed E-state index contributed by atoms with van der Waals surface area (Å²) in [5.74, 6) is -0.150. The summed E-state index contributed by atoms with van der Waals surface area (Å²) in [6, 6.07) is 18.3. The lowest BCUT2D eigenvalue weighted by atomic mass is 9.99. The lowest BCUT2D eigenvalue weighted by Crippen LogP contribution is -2.41. The minimum absolute atomic E-state index is 0.150. The molecule has 150 valence electrons. The van der Waals surface area contributed by atoms with Crippen molar-refractivity contribution in [2.75, 3.05) is 16.8 Å². The third-order valence-electron chi connectivity index (χ3n) is 5.36. The topological polar surface area (TPSA) is 63.1 Å². The van der Waals surface area contributed by atoms with Crippen LogP contribution in [0.2, 0.25) is 0 Å². The van der Waals surface area contributed by atoms with E-state index in [-0.39, 0.29) is 11.9 Å². The predicted octanol–water partition coefficient (Wildman–Crippen LogP) is 4.59. The zero-order valence-electron chi connectivity index (χ0n) is 16.3. The Morgan fingerprint density at radius 3 is 2.70 bits per heavy atom. The van der Waals surface area contributed by atoms with Crippen molar-refractivity contribution in [1.29, 1.82) is 0 Å². The first-order valence-corrected chi connectivity index (χ1v) is 10.8. The Kier molecular flexibility index (Phi) is 5.03. The van der Waals surface area contributed by atoms with Gasteiger partial charge in [0.1, 0.15) is 5.69 Å². The molecule has 1 fully saturated rings. The average Bonchev–Trinajstić information content (AvgIpc) is 3.38. The Hall–Kier alpha value is -3.45. The normalized spacial score (nSPS) is 15.6. The highest BCUT2D eigenvalue weighted by atomic mass is 32.1. The zero-order valence-corrected chi connectivity index (χ0v) is 17.1. The number of hydrogen-bond acceptors (Lipinski definition) is 5. The maximum absolute atomic E-state index is 12.8. The van der Waals surface area contributed by atoms with E-state index in [1.807, 2.05) is 46.5 Å². The standard InChI is InChI=1S/C23H21N5OS/c29-22(21-7-4-13-27(21)15-17-8-11-24-12-9-17)26-23-25-19(16-30-23)20-10-14-28(20)18-5-2-1-3-6-18/h1-9,11-13,16,20H,10,14-15H2,(H,25,26,29)/t20-/m1/s1. The van der Waals surface area contributed by atoms with Crippen molar-refractivity contribution in [3.8, 4) is 0 Å². The highest BCUT2D eigenvalue weighted by Crippen LogP contribution is 2.38. The molecular weight excluding hydrogens is 394 g/mol. The smallest absolute Gasteiger partial charge is 0.274 e. The molecule has 4 aromatic rings. The minimum atomic E-state index is -0.150. The van der Waals surface area contributed by atoms with Crippen molar-refractivity contribution in [3.05, 3.63) is 95.5 Å². The number of anilines is 2. The summed E-state index contributed by atoms with van der Waals surface area (Å²) in [5, 5.41) is 5.64. The Morgan fingerprint density at radius 1 is 1.10 bits per heavy atom. The number of pyridine rings is 1. The van der Waals surface area contributed by atoms with Gasteiger partial charge < -0.3 is 9.47 Å². The molecular formula is C23H21N5OS. The van der Waals surface area contributed by atoms with Gasteiger partial charge in [0.25, 0.3) is 5.91 Å². The van der Waals surface area contributed by atoms with Crippen molar-refractivity contribution in [2.24, 2.45) is 0 Å². The Bertz CT molecular complexity index is 1140. The molecule has 0 radical (unpaired) electrons. The van der Waals surface area contributed by atoms with Crippen LogP contribution in [0.15, 0.2) is 78.6 Å². The molecule has 1 atom stereocenters. The van der Waals surface area contributed by atoms with Crippen LogP contribution >= 0.6 is 11.3 Å². The van der Waals surface area contributed by atoms with E-state index in [0.29, 0.717) is 17.4 Å². The molecule has 1 saturated heterocycles. The van der Waals surface area contributed by atoms with E-state index in [9.17, 15) is 4.79 Å². The summed E-state index contributed by atoms with van der Waals surface area (Å²) in [6.07, 6.45) is 6.50. The van der Waals surface area contributed by atoms with Crippen LogP contribution in [0.4, 0.5) is 10.8 Å². The van der Waals surface area contributed by atoms with Crippen LogP contribution in [0, 0.1) is 0 Å². The summed E-state index contributed by atoms with van der Waals surface area (Å²) >= 11 is 1.47. The van der Waals surface area contributed by atoms with Gasteiger partial charge in [0.2, 0.25) is 0 Å². The van der Waals surface area contributed by atoms with Gasteiger partial charge in [-0.25, -0.2) is 4.98 Å². The molecule has 0 unspecified atom stereocenters. The Morgan fingerprint density at radius 2 is 1.93 bits per heavy atom. The van der Waals surface area contributed by atoms with Crippen LogP contribution in [-0.2, 0) is 6.54 Å². The summed E-state index contributed by atoms with van der Waals surface area (Å²) in [7, 11) is 0. The summed E-state index contributed by atoms with van der Waals surface area (Å²) in [5.41, 5.74) is 3.93. The Labute approximate surface area is 178 Å². The molecule has 6 nitrogen and oxygen atoms in total. The van der Waals surface area contributed by atoms with Crippen molar-refractivity contribution in [1.82, 2.24) is 14.5 Å². The van der Waals surface area contributed by atoms with Crippen LogP contribution in [0.25, 0.3) is 0 Å². The number of carbonyl (C=O) groups excluding carboxylic acids is 1. The summed E-state index contributed by atoms with van der Waals surface area (Å²) in [4.78, 5) is 23.9. The maximum Gasteiger partial charge on any atom is 0.274 e. The monoisotopic (exact) mass is 415 g/mol. The van der Waals surface area contributed by atoms with Crippen molar-refractivity contribution >= 4 is 28.1 Å². The van der Waals surface area contributed by atoms with Crippen molar-refractivity contribution in [3.63, 3.8) is 0 Å². The van der Waals surface area contributed by atoms with Gasteiger partial charge in [-0.1, -0.05) is 18.2 Å². The number of amides is 1. The van der Waals surface area contributed by atoms with Gasteiger partial charge >= 0.3 is 0 Å². The molecule has 1 N–H and O–H groups in total. The molecule has 30 heavy (non-hydrogen) atoms. The average molecular weight is 416 g/mol. The number of aromatic nitrogens is 3. The van der Waals surface area contributed by atoms with Gasteiger partial charge in [-0.05, 0) is 48.4 Å². The van der Waals surface area contributed by atoms with E-state index in [1.165, 1.54) is 17.0 Å². The second-order valence-electron chi connectivity index (χ2n) is 7.24. The van der Waals surface area contributed by atoms with E-state index < -0.39 is 0 Å². The van der Waals surface area contributed by atoms with Gasteiger partial charge in [0.05, 0.1) is 11.7 Å². The van der Waals surface area contributed by atoms with Crippen LogP contribution in [0.3, 0.4) is 0 Å². The second kappa shape index (κ2) is 8.12. The van der Waals surface area contributed by atoms with E-state index in [0.717, 1.165) is 24.2 Å². The molecule has 4 heterocycles. The first-order chi connectivity index (χ1) is 14.8.